The van der Waals surface area contributed by atoms with Crippen LogP contribution in [0.1, 0.15) is 43.7 Å². The molecule has 4 nitrogen and oxygen atoms in total. The Balaban J connectivity index is 2.71. The summed E-state index contributed by atoms with van der Waals surface area (Å²) in [5.74, 6) is -0.989. The van der Waals surface area contributed by atoms with Crippen molar-refractivity contribution in [2.75, 3.05) is 5.32 Å². The van der Waals surface area contributed by atoms with E-state index in [1.54, 1.807) is 6.07 Å². The molecule has 0 radical (unpaired) electrons. The number of hydrogen-bond acceptors (Lipinski definition) is 2. The van der Waals surface area contributed by atoms with Gasteiger partial charge in [-0.2, -0.15) is 0 Å². The standard InChI is InChI=1S/C16H21NO3/c1-3-4-5-6-15(18)17-14-11-13(8-7-12(14)2)9-10-16(19)20/h7-11H,3-6H2,1-2H3,(H,17,18)(H,19,20). The summed E-state index contributed by atoms with van der Waals surface area (Å²) in [6.07, 6.45) is 6.13. The van der Waals surface area contributed by atoms with Crippen LogP contribution in [-0.4, -0.2) is 17.0 Å². The van der Waals surface area contributed by atoms with Crippen LogP contribution in [0.4, 0.5) is 5.69 Å². The van der Waals surface area contributed by atoms with Crippen molar-refractivity contribution in [2.24, 2.45) is 0 Å². The number of unbranched alkanes of at least 4 members (excludes halogenated alkanes) is 2. The number of nitrogens with one attached hydrogen (secondary N) is 1. The molecule has 0 saturated heterocycles. The van der Waals surface area contributed by atoms with Gasteiger partial charge in [-0.1, -0.05) is 31.9 Å². The quantitative estimate of drug-likeness (QED) is 0.590. The van der Waals surface area contributed by atoms with Crippen LogP contribution in [0.2, 0.25) is 0 Å². The molecule has 1 aromatic carbocycles. The molecule has 0 bridgehead atoms. The van der Waals surface area contributed by atoms with Crippen LogP contribution in [0, 0.1) is 6.92 Å². The Bertz CT molecular complexity index is 506. The van der Waals surface area contributed by atoms with Crippen LogP contribution in [0.3, 0.4) is 0 Å². The van der Waals surface area contributed by atoms with Gasteiger partial charge in [-0.15, -0.1) is 0 Å². The fourth-order valence-corrected chi connectivity index (χ4v) is 1.79. The second-order valence-electron chi connectivity index (χ2n) is 4.75. The van der Waals surface area contributed by atoms with E-state index in [1.807, 2.05) is 19.1 Å². The van der Waals surface area contributed by atoms with Gasteiger partial charge < -0.3 is 10.4 Å². The second kappa shape index (κ2) is 8.15. The number of hydrogen-bond donors (Lipinski definition) is 2. The van der Waals surface area contributed by atoms with E-state index in [9.17, 15) is 9.59 Å². The summed E-state index contributed by atoms with van der Waals surface area (Å²) in [7, 11) is 0. The van der Waals surface area contributed by atoms with Gasteiger partial charge in [0.05, 0.1) is 0 Å². The van der Waals surface area contributed by atoms with Crippen LogP contribution in [0.15, 0.2) is 24.3 Å². The van der Waals surface area contributed by atoms with E-state index in [1.165, 1.54) is 6.08 Å². The summed E-state index contributed by atoms with van der Waals surface area (Å²) in [5, 5.41) is 11.5. The van der Waals surface area contributed by atoms with Crippen molar-refractivity contribution in [3.8, 4) is 0 Å². The maximum Gasteiger partial charge on any atom is 0.328 e. The molecule has 0 atom stereocenters. The van der Waals surface area contributed by atoms with Gasteiger partial charge >= 0.3 is 5.97 Å². The topological polar surface area (TPSA) is 66.4 Å². The molecule has 2 N–H and O–H groups in total. The smallest absolute Gasteiger partial charge is 0.328 e. The minimum atomic E-state index is -0.990. The average molecular weight is 275 g/mol. The molecule has 1 aromatic rings. The Kier molecular flexibility index (Phi) is 6.50. The van der Waals surface area contributed by atoms with Crippen molar-refractivity contribution in [1.82, 2.24) is 0 Å². The molecule has 0 aromatic heterocycles. The lowest BCUT2D eigenvalue weighted by Crippen LogP contribution is -2.12. The number of rotatable bonds is 7. The molecule has 20 heavy (non-hydrogen) atoms. The van der Waals surface area contributed by atoms with E-state index in [2.05, 4.69) is 12.2 Å². The van der Waals surface area contributed by atoms with Crippen molar-refractivity contribution in [2.45, 2.75) is 39.5 Å². The van der Waals surface area contributed by atoms with Gasteiger partial charge in [0.2, 0.25) is 5.91 Å². The summed E-state index contributed by atoms with van der Waals surface area (Å²) in [6.45, 7) is 4.01. The minimum Gasteiger partial charge on any atom is -0.478 e. The maximum atomic E-state index is 11.8. The van der Waals surface area contributed by atoms with Gasteiger partial charge in [0.1, 0.15) is 0 Å². The average Bonchev–Trinajstić information content (AvgIpc) is 2.40. The van der Waals surface area contributed by atoms with Gasteiger partial charge in [-0.05, 0) is 36.6 Å². The number of carboxylic acids is 1. The minimum absolute atomic E-state index is 0.000846. The summed E-state index contributed by atoms with van der Waals surface area (Å²) in [6, 6.07) is 5.47. The molecule has 0 fully saturated rings. The highest BCUT2D eigenvalue weighted by Gasteiger charge is 2.05. The third kappa shape index (κ3) is 5.69. The molecule has 0 saturated carbocycles. The van der Waals surface area contributed by atoms with E-state index in [4.69, 9.17) is 5.11 Å². The van der Waals surface area contributed by atoms with Gasteiger partial charge in [-0.25, -0.2) is 4.79 Å². The Labute approximate surface area is 119 Å². The predicted molar refractivity (Wildman–Crippen MR) is 80.6 cm³/mol. The van der Waals surface area contributed by atoms with Gasteiger partial charge in [0, 0.05) is 18.2 Å². The molecule has 4 heteroatoms. The molecule has 0 heterocycles. The van der Waals surface area contributed by atoms with Crippen LogP contribution in [-0.2, 0) is 9.59 Å². The van der Waals surface area contributed by atoms with Crippen molar-refractivity contribution in [1.29, 1.82) is 0 Å². The Morgan fingerprint density at radius 3 is 2.70 bits per heavy atom. The van der Waals surface area contributed by atoms with E-state index in [0.29, 0.717) is 6.42 Å². The molecule has 0 aliphatic heterocycles. The summed E-state index contributed by atoms with van der Waals surface area (Å²) >= 11 is 0. The van der Waals surface area contributed by atoms with Crippen LogP contribution in [0.5, 0.6) is 0 Å². The molecule has 1 amide bonds. The molecular weight excluding hydrogens is 254 g/mol. The Morgan fingerprint density at radius 2 is 2.05 bits per heavy atom. The number of aliphatic carboxylic acids is 1. The largest absolute Gasteiger partial charge is 0.478 e. The van der Waals surface area contributed by atoms with E-state index < -0.39 is 5.97 Å². The van der Waals surface area contributed by atoms with Gasteiger partial charge in [-0.3, -0.25) is 4.79 Å². The number of carbonyl (C=O) groups is 2. The fourth-order valence-electron chi connectivity index (χ4n) is 1.79. The normalized spacial score (nSPS) is 10.7. The van der Waals surface area contributed by atoms with Crippen molar-refractivity contribution >= 4 is 23.6 Å². The van der Waals surface area contributed by atoms with Crippen LogP contribution in [0.25, 0.3) is 6.08 Å². The van der Waals surface area contributed by atoms with E-state index in [-0.39, 0.29) is 5.91 Å². The first-order chi connectivity index (χ1) is 9.52. The molecule has 0 unspecified atom stereocenters. The van der Waals surface area contributed by atoms with Crippen molar-refractivity contribution < 1.29 is 14.7 Å². The van der Waals surface area contributed by atoms with Crippen LogP contribution >= 0.6 is 0 Å². The number of carboxylic acid groups (broad SMARTS) is 1. The first kappa shape index (κ1) is 16.0. The zero-order valence-corrected chi connectivity index (χ0v) is 12.0. The maximum absolute atomic E-state index is 11.8. The Morgan fingerprint density at radius 1 is 1.30 bits per heavy atom. The Hall–Kier alpha value is -2.10. The second-order valence-corrected chi connectivity index (χ2v) is 4.75. The molecule has 0 aliphatic rings. The summed E-state index contributed by atoms with van der Waals surface area (Å²) in [4.78, 5) is 22.3. The zero-order valence-electron chi connectivity index (χ0n) is 12.0. The zero-order chi connectivity index (χ0) is 15.0. The van der Waals surface area contributed by atoms with E-state index in [0.717, 1.165) is 42.2 Å². The summed E-state index contributed by atoms with van der Waals surface area (Å²) in [5.41, 5.74) is 2.45. The number of anilines is 1. The molecular formula is C16H21NO3. The molecule has 0 aliphatic carbocycles. The lowest BCUT2D eigenvalue weighted by atomic mass is 10.1. The number of benzene rings is 1. The number of aryl methyl sites for hydroxylation is 1. The number of amides is 1. The SMILES string of the molecule is CCCCCC(=O)Nc1cc(C=CC(=O)O)ccc1C. The lowest BCUT2D eigenvalue weighted by molar-refractivity contribution is -0.131. The highest BCUT2D eigenvalue weighted by Crippen LogP contribution is 2.18. The number of carbonyl (C=O) groups excluding carboxylic acids is 1. The highest BCUT2D eigenvalue weighted by molar-refractivity contribution is 5.92. The van der Waals surface area contributed by atoms with Gasteiger partial charge in [0.25, 0.3) is 0 Å². The van der Waals surface area contributed by atoms with Crippen molar-refractivity contribution in [3.63, 3.8) is 0 Å². The monoisotopic (exact) mass is 275 g/mol. The first-order valence-electron chi connectivity index (χ1n) is 6.84. The van der Waals surface area contributed by atoms with E-state index >= 15 is 0 Å². The fraction of sp³-hybridized carbons (Fsp3) is 0.375. The van der Waals surface area contributed by atoms with Crippen LogP contribution < -0.4 is 5.32 Å². The third-order valence-electron chi connectivity index (χ3n) is 2.96. The first-order valence-corrected chi connectivity index (χ1v) is 6.84. The highest BCUT2D eigenvalue weighted by atomic mass is 16.4. The molecule has 1 rings (SSSR count). The molecule has 108 valence electrons. The summed E-state index contributed by atoms with van der Waals surface area (Å²) < 4.78 is 0. The predicted octanol–water partition coefficient (Wildman–Crippen LogP) is 3.61. The molecule has 0 spiro atoms. The van der Waals surface area contributed by atoms with Crippen molar-refractivity contribution in [3.05, 3.63) is 35.4 Å². The lowest BCUT2D eigenvalue weighted by Gasteiger charge is -2.09. The third-order valence-corrected chi connectivity index (χ3v) is 2.96. The van der Waals surface area contributed by atoms with Gasteiger partial charge in [0.15, 0.2) is 0 Å².